The van der Waals surface area contributed by atoms with E-state index in [1.54, 1.807) is 0 Å². The Labute approximate surface area is 89.9 Å². The lowest BCUT2D eigenvalue weighted by Crippen LogP contribution is -3.11. The zero-order valence-corrected chi connectivity index (χ0v) is 8.83. The van der Waals surface area contributed by atoms with Crippen LogP contribution in [-0.2, 0) is 17.2 Å². The molecule has 1 amide bonds. The van der Waals surface area contributed by atoms with E-state index >= 15 is 0 Å². The van der Waals surface area contributed by atoms with Gasteiger partial charge in [0.25, 0.3) is 0 Å². The Morgan fingerprint density at radius 3 is 2.60 bits per heavy atom. The first kappa shape index (κ1) is 10.5. The Kier molecular flexibility index (Phi) is 2.95. The first-order chi connectivity index (χ1) is 7.18. The second-order valence-corrected chi connectivity index (χ2v) is 4.95. The molecule has 1 saturated heterocycles. The molecule has 1 heterocycles. The molecule has 0 aromatic heterocycles. The van der Waals surface area contributed by atoms with Crippen molar-refractivity contribution in [3.8, 4) is 0 Å². The van der Waals surface area contributed by atoms with Gasteiger partial charge in [-0.05, 0) is 5.56 Å². The van der Waals surface area contributed by atoms with Crippen molar-refractivity contribution in [2.24, 2.45) is 0 Å². The number of quaternary nitrogens is 1. The molecule has 2 unspecified atom stereocenters. The molecule has 1 N–H and O–H groups in total. The molecule has 4 nitrogen and oxygen atoms in total. The van der Waals surface area contributed by atoms with Crippen molar-refractivity contribution in [3.63, 3.8) is 0 Å². The molecule has 15 heavy (non-hydrogen) atoms. The lowest BCUT2D eigenvalue weighted by molar-refractivity contribution is -0.775. The third kappa shape index (κ3) is 2.14. The van der Waals surface area contributed by atoms with Gasteiger partial charge in [-0.15, -0.1) is 0 Å². The van der Waals surface area contributed by atoms with Crippen LogP contribution in [0.3, 0.4) is 0 Å². The van der Waals surface area contributed by atoms with E-state index in [1.165, 1.54) is 0 Å². The summed E-state index contributed by atoms with van der Waals surface area (Å²) in [6.07, 6.45) is 0.511. The summed E-state index contributed by atoms with van der Waals surface area (Å²) in [6.45, 7) is 0. The van der Waals surface area contributed by atoms with E-state index in [2.05, 4.69) is 0 Å². The molecule has 0 bridgehead atoms. The van der Waals surface area contributed by atoms with Gasteiger partial charge in [-0.2, -0.15) is 0 Å². The maximum absolute atomic E-state index is 11.4. The van der Waals surface area contributed by atoms with E-state index in [0.29, 0.717) is 6.42 Å². The molecule has 1 fully saturated rings. The molecule has 1 aliphatic rings. The number of benzene rings is 1. The Morgan fingerprint density at radius 1 is 1.40 bits per heavy atom. The average molecular weight is 225 g/mol. The summed E-state index contributed by atoms with van der Waals surface area (Å²) >= 11 is 0. The Bertz CT molecular complexity index is 393. The number of nitrogens with one attached hydrogen (secondary N) is 1. The quantitative estimate of drug-likeness (QED) is 0.713. The van der Waals surface area contributed by atoms with Crippen molar-refractivity contribution in [1.29, 1.82) is 0 Å². The molecule has 0 saturated carbocycles. The SMILES string of the molecule is O=C1[NH+]([O-])[C@@H](Cc2ccccc2)CS1=O. The summed E-state index contributed by atoms with van der Waals surface area (Å²) in [6, 6.07) is 9.07. The van der Waals surface area contributed by atoms with Gasteiger partial charge in [0, 0.05) is 6.42 Å². The number of hydrogen-bond donors (Lipinski definition) is 1. The fourth-order valence-electron chi connectivity index (χ4n) is 1.66. The van der Waals surface area contributed by atoms with Crippen LogP contribution in [0.2, 0.25) is 0 Å². The molecular weight excluding hydrogens is 214 g/mol. The normalized spacial score (nSPS) is 30.7. The zero-order chi connectivity index (χ0) is 10.8. The van der Waals surface area contributed by atoms with Gasteiger partial charge < -0.3 is 5.21 Å². The Hall–Kier alpha value is -1.04. The fraction of sp³-hybridized carbons (Fsp3) is 0.300. The van der Waals surface area contributed by atoms with Gasteiger partial charge in [0.1, 0.15) is 6.04 Å². The van der Waals surface area contributed by atoms with E-state index < -0.39 is 21.1 Å². The van der Waals surface area contributed by atoms with Gasteiger partial charge in [0.15, 0.2) is 10.8 Å². The van der Waals surface area contributed by atoms with Crippen molar-refractivity contribution >= 4 is 16.0 Å². The molecule has 0 aliphatic carbocycles. The van der Waals surface area contributed by atoms with Crippen LogP contribution >= 0.6 is 0 Å². The number of amides is 1. The molecular formula is C10H11NO3S. The van der Waals surface area contributed by atoms with Crippen molar-refractivity contribution in [2.45, 2.75) is 12.5 Å². The largest absolute Gasteiger partial charge is 0.626 e. The smallest absolute Gasteiger partial charge is 0.403 e. The van der Waals surface area contributed by atoms with E-state index in [0.717, 1.165) is 5.56 Å². The van der Waals surface area contributed by atoms with Crippen LogP contribution in [0.25, 0.3) is 0 Å². The number of hydrogen-bond acceptors (Lipinski definition) is 3. The van der Waals surface area contributed by atoms with Crippen LogP contribution in [0.1, 0.15) is 5.56 Å². The van der Waals surface area contributed by atoms with Crippen molar-refractivity contribution < 1.29 is 14.1 Å². The highest BCUT2D eigenvalue weighted by molar-refractivity contribution is 8.00. The van der Waals surface area contributed by atoms with Crippen molar-refractivity contribution in [1.82, 2.24) is 0 Å². The molecule has 0 spiro atoms. The molecule has 1 aliphatic heterocycles. The van der Waals surface area contributed by atoms with E-state index in [-0.39, 0.29) is 11.8 Å². The summed E-state index contributed by atoms with van der Waals surface area (Å²) in [5.41, 5.74) is 1.00. The monoisotopic (exact) mass is 225 g/mol. The molecule has 80 valence electrons. The van der Waals surface area contributed by atoms with Gasteiger partial charge >= 0.3 is 5.24 Å². The predicted molar refractivity (Wildman–Crippen MR) is 56.7 cm³/mol. The van der Waals surface area contributed by atoms with Crippen LogP contribution in [0.5, 0.6) is 0 Å². The molecule has 0 radical (unpaired) electrons. The lowest BCUT2D eigenvalue weighted by atomic mass is 10.1. The maximum atomic E-state index is 11.4. The summed E-state index contributed by atoms with van der Waals surface area (Å²) in [5.74, 6) is 0.187. The maximum Gasteiger partial charge on any atom is 0.403 e. The molecule has 2 rings (SSSR count). The summed E-state index contributed by atoms with van der Waals surface area (Å²) in [7, 11) is -1.59. The highest BCUT2D eigenvalue weighted by Crippen LogP contribution is 2.05. The van der Waals surface area contributed by atoms with Crippen LogP contribution < -0.4 is 5.06 Å². The van der Waals surface area contributed by atoms with Crippen LogP contribution in [0.4, 0.5) is 4.79 Å². The number of carbonyl (C=O) groups is 1. The third-order valence-electron chi connectivity index (χ3n) is 2.46. The van der Waals surface area contributed by atoms with Crippen LogP contribution in [-0.4, -0.2) is 21.2 Å². The third-order valence-corrected chi connectivity index (χ3v) is 3.78. The molecule has 3 atom stereocenters. The predicted octanol–water partition coefficient (Wildman–Crippen LogP) is -0.137. The fourth-order valence-corrected chi connectivity index (χ4v) is 2.84. The number of hydroxylamine groups is 2. The minimum absolute atomic E-state index is 0.187. The van der Waals surface area contributed by atoms with E-state index in [4.69, 9.17) is 0 Å². The highest BCUT2D eigenvalue weighted by atomic mass is 32.2. The van der Waals surface area contributed by atoms with E-state index in [9.17, 15) is 14.2 Å². The second-order valence-electron chi connectivity index (χ2n) is 3.55. The number of rotatable bonds is 2. The Balaban J connectivity index is 2.08. The first-order valence-corrected chi connectivity index (χ1v) is 6.01. The van der Waals surface area contributed by atoms with E-state index in [1.807, 2.05) is 30.3 Å². The first-order valence-electron chi connectivity index (χ1n) is 4.69. The lowest BCUT2D eigenvalue weighted by Gasteiger charge is -2.19. The van der Waals surface area contributed by atoms with Gasteiger partial charge in [-0.1, -0.05) is 30.3 Å². The average Bonchev–Trinajstić information content (AvgIpc) is 2.48. The van der Waals surface area contributed by atoms with Crippen molar-refractivity contribution in [3.05, 3.63) is 41.1 Å². The van der Waals surface area contributed by atoms with Gasteiger partial charge in [-0.25, -0.2) is 9.00 Å². The minimum Gasteiger partial charge on any atom is -0.626 e. The summed E-state index contributed by atoms with van der Waals surface area (Å²) in [5, 5.41) is 10.2. The van der Waals surface area contributed by atoms with Crippen LogP contribution in [0, 0.1) is 5.21 Å². The zero-order valence-electron chi connectivity index (χ0n) is 8.01. The molecule has 1 aromatic carbocycles. The second kappa shape index (κ2) is 4.22. The molecule has 5 heteroatoms. The number of carbonyl (C=O) groups excluding carboxylic acids is 1. The minimum atomic E-state index is -1.59. The molecule has 1 aromatic rings. The standard InChI is InChI=1S/C10H11NO3S/c12-10-11(13)9(7-15(10)14)6-8-4-2-1-3-5-8/h1-5,9,11H,6-7H2/t9-,15?/m0/s1. The Morgan fingerprint density at radius 2 is 2.07 bits per heavy atom. The van der Waals surface area contributed by atoms with Crippen molar-refractivity contribution in [2.75, 3.05) is 5.75 Å². The summed E-state index contributed by atoms with van der Waals surface area (Å²) in [4.78, 5) is 11.1. The topological polar surface area (TPSA) is 61.6 Å². The van der Waals surface area contributed by atoms with Gasteiger partial charge in [0.05, 0.1) is 5.75 Å². The van der Waals surface area contributed by atoms with Gasteiger partial charge in [-0.3, -0.25) is 5.06 Å². The highest BCUT2D eigenvalue weighted by Gasteiger charge is 2.37. The van der Waals surface area contributed by atoms with Gasteiger partial charge in [0.2, 0.25) is 0 Å². The van der Waals surface area contributed by atoms with Crippen LogP contribution in [0.15, 0.2) is 30.3 Å². The summed E-state index contributed by atoms with van der Waals surface area (Å²) < 4.78 is 11.1.